The van der Waals surface area contributed by atoms with E-state index in [0.29, 0.717) is 5.69 Å². The van der Waals surface area contributed by atoms with Gasteiger partial charge >= 0.3 is 0 Å². The Morgan fingerprint density at radius 2 is 1.89 bits per heavy atom. The quantitative estimate of drug-likeness (QED) is 0.780. The minimum atomic E-state index is -0.453. The number of benzene rings is 1. The minimum absolute atomic E-state index is 0.453. The van der Waals surface area contributed by atoms with Crippen LogP contribution in [0.4, 0.5) is 5.69 Å². The first kappa shape index (κ1) is 13.3. The number of nitrogen functional groups attached to an aromatic ring is 1. The maximum absolute atomic E-state index is 10.2. The predicted octanol–water partition coefficient (Wildman–Crippen LogP) is 0.940. The fourth-order valence-corrected chi connectivity index (χ4v) is 2.35. The Bertz CT molecular complexity index is 375. The summed E-state index contributed by atoms with van der Waals surface area (Å²) in [5, 5.41) is 10.2. The number of nitrogens with zero attached hydrogens (tertiary/aromatic N) is 2. The van der Waals surface area contributed by atoms with Crippen LogP contribution in [0.25, 0.3) is 0 Å². The van der Waals surface area contributed by atoms with E-state index >= 15 is 0 Å². The van der Waals surface area contributed by atoms with Crippen LogP contribution in [0.3, 0.4) is 0 Å². The number of piperazine rings is 1. The second-order valence-corrected chi connectivity index (χ2v) is 5.08. The molecule has 1 aromatic carbocycles. The second kappa shape index (κ2) is 6.18. The van der Waals surface area contributed by atoms with Crippen molar-refractivity contribution in [2.45, 2.75) is 12.5 Å². The first-order chi connectivity index (χ1) is 8.66. The van der Waals surface area contributed by atoms with Gasteiger partial charge in [0.25, 0.3) is 0 Å². The zero-order valence-corrected chi connectivity index (χ0v) is 11.0. The summed E-state index contributed by atoms with van der Waals surface area (Å²) in [7, 11) is 2.15. The summed E-state index contributed by atoms with van der Waals surface area (Å²) in [6.45, 7) is 5.34. The van der Waals surface area contributed by atoms with Crippen LogP contribution in [0.2, 0.25) is 0 Å². The lowest BCUT2D eigenvalue weighted by Gasteiger charge is -2.32. The van der Waals surface area contributed by atoms with Gasteiger partial charge in [-0.1, -0.05) is 18.2 Å². The highest BCUT2D eigenvalue weighted by Crippen LogP contribution is 2.22. The molecule has 2 rings (SSSR count). The molecule has 0 bridgehead atoms. The highest BCUT2D eigenvalue weighted by Gasteiger charge is 2.16. The van der Waals surface area contributed by atoms with E-state index in [1.165, 1.54) is 0 Å². The Morgan fingerprint density at radius 3 is 2.56 bits per heavy atom. The van der Waals surface area contributed by atoms with Gasteiger partial charge in [0.05, 0.1) is 6.10 Å². The monoisotopic (exact) mass is 249 g/mol. The van der Waals surface area contributed by atoms with Crippen LogP contribution in [0, 0.1) is 0 Å². The van der Waals surface area contributed by atoms with Crippen molar-refractivity contribution in [1.29, 1.82) is 0 Å². The molecule has 0 amide bonds. The largest absolute Gasteiger partial charge is 0.398 e. The van der Waals surface area contributed by atoms with Crippen LogP contribution in [-0.2, 0) is 0 Å². The van der Waals surface area contributed by atoms with Crippen LogP contribution < -0.4 is 5.73 Å². The van der Waals surface area contributed by atoms with Crippen LogP contribution in [0.1, 0.15) is 18.1 Å². The smallest absolute Gasteiger partial charge is 0.0822 e. The normalized spacial score (nSPS) is 19.9. The summed E-state index contributed by atoms with van der Waals surface area (Å²) in [6, 6.07) is 7.56. The van der Waals surface area contributed by atoms with Crippen LogP contribution in [0.5, 0.6) is 0 Å². The number of hydrogen-bond donors (Lipinski definition) is 2. The molecule has 0 saturated carbocycles. The molecule has 1 unspecified atom stereocenters. The Kier molecular flexibility index (Phi) is 4.58. The van der Waals surface area contributed by atoms with E-state index in [0.717, 1.165) is 44.7 Å². The number of hydrogen-bond acceptors (Lipinski definition) is 4. The van der Waals surface area contributed by atoms with E-state index in [4.69, 9.17) is 5.73 Å². The summed E-state index contributed by atoms with van der Waals surface area (Å²) >= 11 is 0. The molecule has 3 N–H and O–H groups in total. The van der Waals surface area contributed by atoms with Gasteiger partial charge in [0.2, 0.25) is 0 Å². The predicted molar refractivity (Wildman–Crippen MR) is 74.4 cm³/mol. The Morgan fingerprint density at radius 1 is 1.22 bits per heavy atom. The highest BCUT2D eigenvalue weighted by atomic mass is 16.3. The zero-order chi connectivity index (χ0) is 13.0. The summed E-state index contributed by atoms with van der Waals surface area (Å²) in [5.74, 6) is 0. The molecule has 4 nitrogen and oxygen atoms in total. The van der Waals surface area contributed by atoms with Crippen molar-refractivity contribution in [2.75, 3.05) is 45.5 Å². The van der Waals surface area contributed by atoms with Gasteiger partial charge in [-0.2, -0.15) is 0 Å². The van der Waals surface area contributed by atoms with Gasteiger partial charge in [-0.25, -0.2) is 0 Å². The van der Waals surface area contributed by atoms with E-state index in [9.17, 15) is 5.11 Å². The average Bonchev–Trinajstić information content (AvgIpc) is 2.38. The first-order valence-corrected chi connectivity index (χ1v) is 6.60. The lowest BCUT2D eigenvalue weighted by Crippen LogP contribution is -2.44. The van der Waals surface area contributed by atoms with E-state index < -0.39 is 6.10 Å². The van der Waals surface area contributed by atoms with Gasteiger partial charge in [0, 0.05) is 44.0 Å². The van der Waals surface area contributed by atoms with Crippen molar-refractivity contribution in [1.82, 2.24) is 9.80 Å². The molecule has 0 radical (unpaired) electrons. The molecule has 1 fully saturated rings. The Labute approximate surface area is 109 Å². The van der Waals surface area contributed by atoms with Gasteiger partial charge in [0.1, 0.15) is 0 Å². The van der Waals surface area contributed by atoms with E-state index in [1.54, 1.807) is 0 Å². The maximum Gasteiger partial charge on any atom is 0.0822 e. The molecular formula is C14H23N3O. The van der Waals surface area contributed by atoms with Gasteiger partial charge in [0.15, 0.2) is 0 Å². The van der Waals surface area contributed by atoms with Gasteiger partial charge in [-0.05, 0) is 19.5 Å². The van der Waals surface area contributed by atoms with Crippen molar-refractivity contribution < 1.29 is 5.11 Å². The molecule has 100 valence electrons. The van der Waals surface area contributed by atoms with Crippen molar-refractivity contribution >= 4 is 5.69 Å². The third-order valence-electron chi connectivity index (χ3n) is 3.67. The van der Waals surface area contributed by atoms with Crippen LogP contribution in [0.15, 0.2) is 24.3 Å². The molecule has 0 aromatic heterocycles. The van der Waals surface area contributed by atoms with Gasteiger partial charge < -0.3 is 20.6 Å². The average molecular weight is 249 g/mol. The van der Waals surface area contributed by atoms with Crippen LogP contribution in [-0.4, -0.2) is 54.7 Å². The zero-order valence-electron chi connectivity index (χ0n) is 11.0. The Hall–Kier alpha value is -1.10. The number of rotatable bonds is 4. The number of aliphatic hydroxyl groups is 1. The Balaban J connectivity index is 1.81. The number of likely N-dealkylation sites (N-methyl/N-ethyl adjacent to an activating group) is 1. The van der Waals surface area contributed by atoms with E-state index in [1.807, 2.05) is 24.3 Å². The lowest BCUT2D eigenvalue weighted by atomic mass is 10.0. The maximum atomic E-state index is 10.2. The molecule has 0 spiro atoms. The summed E-state index contributed by atoms with van der Waals surface area (Å²) in [5.41, 5.74) is 7.41. The lowest BCUT2D eigenvalue weighted by molar-refractivity contribution is 0.113. The first-order valence-electron chi connectivity index (χ1n) is 6.60. The molecule has 1 aliphatic heterocycles. The molecule has 0 aliphatic carbocycles. The fourth-order valence-electron chi connectivity index (χ4n) is 2.35. The molecule has 1 heterocycles. The topological polar surface area (TPSA) is 52.7 Å². The number of anilines is 1. The third-order valence-corrected chi connectivity index (χ3v) is 3.67. The van der Waals surface area contributed by atoms with Crippen molar-refractivity contribution in [2.24, 2.45) is 0 Å². The molecule has 18 heavy (non-hydrogen) atoms. The third kappa shape index (κ3) is 3.45. The molecule has 1 saturated heterocycles. The van der Waals surface area contributed by atoms with E-state index in [2.05, 4.69) is 16.8 Å². The number of aliphatic hydroxyl groups excluding tert-OH is 1. The van der Waals surface area contributed by atoms with Crippen molar-refractivity contribution in [3.63, 3.8) is 0 Å². The minimum Gasteiger partial charge on any atom is -0.398 e. The molecule has 1 aliphatic rings. The highest BCUT2D eigenvalue weighted by molar-refractivity contribution is 5.47. The SMILES string of the molecule is CN1CCN(CCC(O)c2ccccc2N)CC1. The summed E-state index contributed by atoms with van der Waals surface area (Å²) in [4.78, 5) is 4.74. The van der Waals surface area contributed by atoms with Gasteiger partial charge in [-0.15, -0.1) is 0 Å². The molecule has 1 atom stereocenters. The fraction of sp³-hybridized carbons (Fsp3) is 0.571. The molecular weight excluding hydrogens is 226 g/mol. The molecule has 1 aromatic rings. The van der Waals surface area contributed by atoms with Crippen LogP contribution >= 0.6 is 0 Å². The van der Waals surface area contributed by atoms with Crippen molar-refractivity contribution in [3.8, 4) is 0 Å². The van der Waals surface area contributed by atoms with Gasteiger partial charge in [-0.3, -0.25) is 0 Å². The number of nitrogens with two attached hydrogens (primary N) is 1. The number of para-hydroxylation sites is 1. The van der Waals surface area contributed by atoms with Crippen molar-refractivity contribution in [3.05, 3.63) is 29.8 Å². The summed E-state index contributed by atoms with van der Waals surface area (Å²) in [6.07, 6.45) is 0.295. The second-order valence-electron chi connectivity index (χ2n) is 5.08. The summed E-state index contributed by atoms with van der Waals surface area (Å²) < 4.78 is 0. The standard InChI is InChI=1S/C14H23N3O/c1-16-8-10-17(11-9-16)7-6-14(18)12-4-2-3-5-13(12)15/h2-5,14,18H,6-11,15H2,1H3. The van der Waals surface area contributed by atoms with E-state index in [-0.39, 0.29) is 0 Å². The molecule has 4 heteroatoms.